The molecular weight excluding hydrogens is 216 g/mol. The van der Waals surface area contributed by atoms with E-state index in [4.69, 9.17) is 13.0 Å². The molecular formula is C9H20N2O3S. The van der Waals surface area contributed by atoms with E-state index in [1.54, 1.807) is 0 Å². The summed E-state index contributed by atoms with van der Waals surface area (Å²) in [6, 6.07) is 12.0. The molecule has 1 aromatic rings. The average Bonchev–Trinajstić information content (AvgIpc) is 2.05. The van der Waals surface area contributed by atoms with Gasteiger partial charge in [-0.05, 0) is 21.1 Å². The van der Waals surface area contributed by atoms with Gasteiger partial charge in [-0.25, -0.2) is 8.42 Å². The van der Waals surface area contributed by atoms with Gasteiger partial charge in [0.15, 0.2) is 0 Å². The summed E-state index contributed by atoms with van der Waals surface area (Å²) in [5, 5.41) is 0. The van der Waals surface area contributed by atoms with Crippen LogP contribution >= 0.6 is 0 Å². The molecule has 0 fully saturated rings. The van der Waals surface area contributed by atoms with Crippen LogP contribution in [0.3, 0.4) is 0 Å². The third-order valence-electron chi connectivity index (χ3n) is 0.667. The zero-order chi connectivity index (χ0) is 11.4. The maximum Gasteiger partial charge on any atom is 0.254 e. The molecule has 0 spiro atoms. The lowest BCUT2D eigenvalue weighted by Crippen LogP contribution is -1.99. The van der Waals surface area contributed by atoms with Crippen LogP contribution in [-0.2, 0) is 11.0 Å². The van der Waals surface area contributed by atoms with E-state index in [1.807, 2.05) is 62.4 Å². The standard InChI is InChI=1S/C6H6.C3H9N.H3N.H2O3S/c1-2-4-6-5-3-1;1-4(2)3;;1-4(2)3/h1-6H;1-3H3;1H3;4H,(H,1,2,3). The number of hydrogen-bond donors (Lipinski definition) is 3. The fraction of sp³-hybridized carbons (Fsp3) is 0.333. The molecule has 0 aliphatic rings. The zero-order valence-corrected chi connectivity index (χ0v) is 10.2. The first-order chi connectivity index (χ1) is 6.46. The number of rotatable bonds is 0. The Hall–Kier alpha value is -0.950. The first kappa shape index (κ1) is 19.6. The van der Waals surface area contributed by atoms with E-state index < -0.39 is 11.0 Å². The highest BCUT2D eigenvalue weighted by Gasteiger charge is 1.58. The Labute approximate surface area is 93.1 Å². The fourth-order valence-corrected chi connectivity index (χ4v) is 0.385. The van der Waals surface area contributed by atoms with Gasteiger partial charge in [-0.1, -0.05) is 36.4 Å². The van der Waals surface area contributed by atoms with Gasteiger partial charge in [0.1, 0.15) is 0 Å². The SMILES string of the molecule is CN(C)C.N.O=[SH](=O)O.c1ccccc1. The van der Waals surface area contributed by atoms with Crippen LogP contribution in [0.25, 0.3) is 0 Å². The van der Waals surface area contributed by atoms with Gasteiger partial charge in [0.25, 0.3) is 11.0 Å². The first-order valence-electron chi connectivity index (χ1n) is 3.91. The molecule has 0 aromatic heterocycles. The maximum absolute atomic E-state index is 8.59. The summed E-state index contributed by atoms with van der Waals surface area (Å²) < 4.78 is 24.2. The summed E-state index contributed by atoms with van der Waals surface area (Å²) in [5.41, 5.74) is 0. The third kappa shape index (κ3) is 62.5. The molecule has 0 saturated heterocycles. The van der Waals surface area contributed by atoms with Crippen molar-refractivity contribution in [1.29, 1.82) is 0 Å². The number of benzene rings is 1. The molecule has 1 rings (SSSR count). The highest BCUT2D eigenvalue weighted by molar-refractivity contribution is 7.66. The molecule has 0 aliphatic heterocycles. The number of nitrogens with zero attached hydrogens (tertiary/aromatic N) is 1. The smallest absolute Gasteiger partial charge is 0.254 e. The van der Waals surface area contributed by atoms with Gasteiger partial charge in [0, 0.05) is 0 Å². The molecule has 0 unspecified atom stereocenters. The van der Waals surface area contributed by atoms with Crippen molar-refractivity contribution in [1.82, 2.24) is 11.1 Å². The van der Waals surface area contributed by atoms with Gasteiger partial charge in [-0.2, -0.15) is 0 Å². The highest BCUT2D eigenvalue weighted by Crippen LogP contribution is 1.79. The molecule has 0 heterocycles. The van der Waals surface area contributed by atoms with Crippen molar-refractivity contribution in [3.05, 3.63) is 36.4 Å². The lowest BCUT2D eigenvalue weighted by atomic mass is 10.4. The number of hydrogen-bond acceptors (Lipinski definition) is 4. The van der Waals surface area contributed by atoms with Crippen molar-refractivity contribution in [2.24, 2.45) is 0 Å². The minimum Gasteiger partial charge on any atom is -0.344 e. The van der Waals surface area contributed by atoms with E-state index in [-0.39, 0.29) is 6.15 Å². The van der Waals surface area contributed by atoms with Crippen molar-refractivity contribution in [3.63, 3.8) is 0 Å². The second-order valence-electron chi connectivity index (χ2n) is 2.73. The summed E-state index contributed by atoms with van der Waals surface area (Å²) in [4.78, 5) is 2.00. The monoisotopic (exact) mass is 236 g/mol. The van der Waals surface area contributed by atoms with Crippen LogP contribution in [0, 0.1) is 0 Å². The van der Waals surface area contributed by atoms with E-state index in [1.165, 1.54) is 0 Å². The summed E-state index contributed by atoms with van der Waals surface area (Å²) in [6.07, 6.45) is 0. The summed E-state index contributed by atoms with van der Waals surface area (Å²) in [5.74, 6) is 0. The van der Waals surface area contributed by atoms with Gasteiger partial charge in [0.05, 0.1) is 0 Å². The maximum atomic E-state index is 8.59. The molecule has 0 atom stereocenters. The van der Waals surface area contributed by atoms with E-state index in [9.17, 15) is 0 Å². The molecule has 0 aliphatic carbocycles. The molecule has 4 N–H and O–H groups in total. The first-order valence-corrected chi connectivity index (χ1v) is 5.04. The Morgan fingerprint density at radius 1 is 0.867 bits per heavy atom. The molecule has 90 valence electrons. The molecule has 5 nitrogen and oxygen atoms in total. The quantitative estimate of drug-likeness (QED) is 0.463. The molecule has 15 heavy (non-hydrogen) atoms. The third-order valence-corrected chi connectivity index (χ3v) is 0.667. The van der Waals surface area contributed by atoms with Crippen LogP contribution < -0.4 is 6.15 Å². The van der Waals surface area contributed by atoms with E-state index in [0.29, 0.717) is 0 Å². The second kappa shape index (κ2) is 15.5. The van der Waals surface area contributed by atoms with Crippen molar-refractivity contribution < 1.29 is 13.0 Å². The van der Waals surface area contributed by atoms with E-state index >= 15 is 0 Å². The predicted molar refractivity (Wildman–Crippen MR) is 64.0 cm³/mol. The van der Waals surface area contributed by atoms with Crippen LogP contribution in [-0.4, -0.2) is 39.0 Å². The van der Waals surface area contributed by atoms with Crippen LogP contribution in [0.15, 0.2) is 36.4 Å². The lowest BCUT2D eigenvalue weighted by molar-refractivity contribution is 0.505. The topological polar surface area (TPSA) is 92.6 Å². The van der Waals surface area contributed by atoms with E-state index in [0.717, 1.165) is 0 Å². The molecule has 1 aromatic carbocycles. The van der Waals surface area contributed by atoms with Crippen LogP contribution in [0.4, 0.5) is 0 Å². The van der Waals surface area contributed by atoms with Crippen LogP contribution in [0.5, 0.6) is 0 Å². The fourth-order valence-electron chi connectivity index (χ4n) is 0.385. The Morgan fingerprint density at radius 3 is 1.00 bits per heavy atom. The van der Waals surface area contributed by atoms with Crippen molar-refractivity contribution in [2.75, 3.05) is 21.1 Å². The second-order valence-corrected chi connectivity index (χ2v) is 3.21. The Morgan fingerprint density at radius 2 is 0.933 bits per heavy atom. The number of thiol groups is 1. The van der Waals surface area contributed by atoms with Gasteiger partial charge in [0.2, 0.25) is 0 Å². The largest absolute Gasteiger partial charge is 0.344 e. The molecule has 0 bridgehead atoms. The summed E-state index contributed by atoms with van der Waals surface area (Å²) >= 11 is 0. The van der Waals surface area contributed by atoms with Crippen molar-refractivity contribution in [2.45, 2.75) is 0 Å². The zero-order valence-electron chi connectivity index (χ0n) is 9.33. The Balaban J connectivity index is -0.000000145. The minimum atomic E-state index is -3.12. The molecule has 0 amide bonds. The minimum absolute atomic E-state index is 0. The highest BCUT2D eigenvalue weighted by atomic mass is 32.2. The Bertz CT molecular complexity index is 226. The van der Waals surface area contributed by atoms with Crippen molar-refractivity contribution in [3.8, 4) is 0 Å². The average molecular weight is 236 g/mol. The van der Waals surface area contributed by atoms with Gasteiger partial charge < -0.3 is 11.1 Å². The van der Waals surface area contributed by atoms with Crippen LogP contribution in [0.1, 0.15) is 0 Å². The lowest BCUT2D eigenvalue weighted by Gasteiger charge is -1.90. The van der Waals surface area contributed by atoms with Crippen LogP contribution in [0.2, 0.25) is 0 Å². The summed E-state index contributed by atoms with van der Waals surface area (Å²) in [7, 11) is 2.88. The normalized spacial score (nSPS) is 7.87. The van der Waals surface area contributed by atoms with Gasteiger partial charge in [-0.3, -0.25) is 4.55 Å². The predicted octanol–water partition coefficient (Wildman–Crippen LogP) is 1.10. The van der Waals surface area contributed by atoms with E-state index in [2.05, 4.69) is 0 Å². The summed E-state index contributed by atoms with van der Waals surface area (Å²) in [6.45, 7) is 0. The molecule has 0 saturated carbocycles. The van der Waals surface area contributed by atoms with Gasteiger partial charge in [-0.15, -0.1) is 0 Å². The molecule has 6 heteroatoms. The molecule has 0 radical (unpaired) electrons. The van der Waals surface area contributed by atoms with Gasteiger partial charge >= 0.3 is 0 Å². The Kier molecular flexibility index (Phi) is 20.3. The van der Waals surface area contributed by atoms with Crippen molar-refractivity contribution >= 4 is 11.0 Å².